The van der Waals surface area contributed by atoms with Crippen LogP contribution in [0.4, 0.5) is 5.82 Å². The number of ether oxygens (including phenoxy) is 1. The van der Waals surface area contributed by atoms with Crippen molar-refractivity contribution in [2.75, 3.05) is 25.6 Å². The van der Waals surface area contributed by atoms with Gasteiger partial charge in [0.2, 0.25) is 0 Å². The second-order valence-corrected chi connectivity index (χ2v) is 4.28. The van der Waals surface area contributed by atoms with Crippen molar-refractivity contribution < 1.29 is 9.53 Å². The SMILES string of the molecule is COC(=O)c1cncc(N(C)CCc2ccncc2)n1. The zero-order valence-electron chi connectivity index (χ0n) is 11.5. The van der Waals surface area contributed by atoms with Gasteiger partial charge in [-0.1, -0.05) is 0 Å². The van der Waals surface area contributed by atoms with Crippen molar-refractivity contribution in [1.29, 1.82) is 0 Å². The molecular weight excluding hydrogens is 256 g/mol. The van der Waals surface area contributed by atoms with Gasteiger partial charge in [-0.2, -0.15) is 0 Å². The van der Waals surface area contributed by atoms with E-state index in [0.29, 0.717) is 5.82 Å². The Hall–Kier alpha value is -2.50. The molecule has 0 aliphatic heterocycles. The highest BCUT2D eigenvalue weighted by Gasteiger charge is 2.10. The van der Waals surface area contributed by atoms with Gasteiger partial charge in [0.1, 0.15) is 5.82 Å². The number of esters is 1. The standard InChI is InChI=1S/C14H16N4O2/c1-18(8-5-11-3-6-15-7-4-11)13-10-16-9-12(17-13)14(19)20-2/h3-4,6-7,9-10H,5,8H2,1-2H3. The van der Waals surface area contributed by atoms with Gasteiger partial charge in [0.05, 0.1) is 19.5 Å². The summed E-state index contributed by atoms with van der Waals surface area (Å²) in [4.78, 5) is 25.6. The van der Waals surface area contributed by atoms with Gasteiger partial charge in [-0.3, -0.25) is 9.97 Å². The molecule has 0 unspecified atom stereocenters. The van der Waals surface area contributed by atoms with Crippen LogP contribution < -0.4 is 4.90 Å². The van der Waals surface area contributed by atoms with E-state index in [2.05, 4.69) is 19.7 Å². The van der Waals surface area contributed by atoms with E-state index in [4.69, 9.17) is 0 Å². The van der Waals surface area contributed by atoms with Crippen LogP contribution in [0, 0.1) is 0 Å². The summed E-state index contributed by atoms with van der Waals surface area (Å²) in [5.41, 5.74) is 1.41. The number of hydrogen-bond acceptors (Lipinski definition) is 6. The van der Waals surface area contributed by atoms with Crippen LogP contribution in [0.3, 0.4) is 0 Å². The molecule has 6 heteroatoms. The minimum atomic E-state index is -0.484. The first-order valence-corrected chi connectivity index (χ1v) is 6.21. The zero-order chi connectivity index (χ0) is 14.4. The number of methoxy groups -OCH3 is 1. The fraction of sp³-hybridized carbons (Fsp3) is 0.286. The van der Waals surface area contributed by atoms with Crippen molar-refractivity contribution in [2.24, 2.45) is 0 Å². The summed E-state index contributed by atoms with van der Waals surface area (Å²) in [6, 6.07) is 3.95. The normalized spacial score (nSPS) is 10.1. The van der Waals surface area contributed by atoms with Crippen LogP contribution in [-0.4, -0.2) is 41.6 Å². The van der Waals surface area contributed by atoms with Crippen LogP contribution in [0.1, 0.15) is 16.1 Å². The maximum atomic E-state index is 11.4. The molecule has 0 bridgehead atoms. The van der Waals surface area contributed by atoms with Crippen molar-refractivity contribution in [3.8, 4) is 0 Å². The number of anilines is 1. The van der Waals surface area contributed by atoms with Gasteiger partial charge in [-0.25, -0.2) is 9.78 Å². The third-order valence-electron chi connectivity index (χ3n) is 2.89. The summed E-state index contributed by atoms with van der Waals surface area (Å²) in [5.74, 6) is 0.156. The second-order valence-electron chi connectivity index (χ2n) is 4.28. The number of carbonyl (C=O) groups is 1. The third kappa shape index (κ3) is 3.50. The van der Waals surface area contributed by atoms with E-state index in [1.54, 1.807) is 18.6 Å². The van der Waals surface area contributed by atoms with Crippen molar-refractivity contribution in [3.05, 3.63) is 48.2 Å². The first-order chi connectivity index (χ1) is 9.70. The maximum absolute atomic E-state index is 11.4. The molecule has 6 nitrogen and oxygen atoms in total. The van der Waals surface area contributed by atoms with E-state index in [9.17, 15) is 4.79 Å². The number of rotatable bonds is 5. The van der Waals surface area contributed by atoms with Crippen LogP contribution in [0.5, 0.6) is 0 Å². The molecule has 104 valence electrons. The molecule has 0 atom stereocenters. The molecule has 2 rings (SSSR count). The van der Waals surface area contributed by atoms with Crippen LogP contribution >= 0.6 is 0 Å². The third-order valence-corrected chi connectivity index (χ3v) is 2.89. The minimum Gasteiger partial charge on any atom is -0.464 e. The largest absolute Gasteiger partial charge is 0.464 e. The molecule has 0 N–H and O–H groups in total. The van der Waals surface area contributed by atoms with Crippen LogP contribution in [0.25, 0.3) is 0 Å². The Kier molecular flexibility index (Phi) is 4.60. The Labute approximate surface area is 117 Å². The number of aromatic nitrogens is 3. The second kappa shape index (κ2) is 6.60. The van der Waals surface area contributed by atoms with E-state index in [0.717, 1.165) is 13.0 Å². The predicted molar refractivity (Wildman–Crippen MR) is 74.6 cm³/mol. The van der Waals surface area contributed by atoms with Crippen LogP contribution in [0.15, 0.2) is 36.9 Å². The first kappa shape index (κ1) is 13.9. The zero-order valence-corrected chi connectivity index (χ0v) is 11.5. The van der Waals surface area contributed by atoms with E-state index in [1.807, 2.05) is 24.1 Å². The summed E-state index contributed by atoms with van der Waals surface area (Å²) < 4.78 is 4.63. The lowest BCUT2D eigenvalue weighted by atomic mass is 10.2. The highest BCUT2D eigenvalue weighted by molar-refractivity contribution is 5.87. The van der Waals surface area contributed by atoms with Crippen molar-refractivity contribution in [2.45, 2.75) is 6.42 Å². The highest BCUT2D eigenvalue weighted by Crippen LogP contribution is 2.09. The van der Waals surface area contributed by atoms with Crippen LogP contribution in [-0.2, 0) is 11.2 Å². The van der Waals surface area contributed by atoms with E-state index in [-0.39, 0.29) is 5.69 Å². The molecule has 0 fully saturated rings. The molecule has 2 aromatic rings. The summed E-state index contributed by atoms with van der Waals surface area (Å²) in [6.07, 6.45) is 7.42. The summed E-state index contributed by atoms with van der Waals surface area (Å²) >= 11 is 0. The number of carbonyl (C=O) groups excluding carboxylic acids is 1. The van der Waals surface area contributed by atoms with Gasteiger partial charge in [0.25, 0.3) is 0 Å². The average Bonchev–Trinajstić information content (AvgIpc) is 2.53. The Balaban J connectivity index is 2.02. The summed E-state index contributed by atoms with van der Waals surface area (Å²) in [6.45, 7) is 0.767. The Morgan fingerprint density at radius 2 is 2.00 bits per heavy atom. The fourth-order valence-corrected chi connectivity index (χ4v) is 1.70. The van der Waals surface area contributed by atoms with Crippen LogP contribution in [0.2, 0.25) is 0 Å². The fourth-order valence-electron chi connectivity index (χ4n) is 1.70. The number of likely N-dealkylation sites (N-methyl/N-ethyl adjacent to an activating group) is 1. The Bertz CT molecular complexity index is 574. The van der Waals surface area contributed by atoms with Crippen molar-refractivity contribution in [1.82, 2.24) is 15.0 Å². The lowest BCUT2D eigenvalue weighted by Gasteiger charge is -2.17. The van der Waals surface area contributed by atoms with E-state index < -0.39 is 5.97 Å². The van der Waals surface area contributed by atoms with Gasteiger partial charge in [-0.15, -0.1) is 0 Å². The number of nitrogens with zero attached hydrogens (tertiary/aromatic N) is 4. The summed E-state index contributed by atoms with van der Waals surface area (Å²) in [7, 11) is 3.23. The van der Waals surface area contributed by atoms with E-state index in [1.165, 1.54) is 18.9 Å². The van der Waals surface area contributed by atoms with Gasteiger partial charge in [0.15, 0.2) is 5.69 Å². The Morgan fingerprint density at radius 1 is 1.25 bits per heavy atom. The predicted octanol–water partition coefficient (Wildman–Crippen LogP) is 1.34. The molecule has 0 spiro atoms. The molecule has 0 amide bonds. The molecule has 2 heterocycles. The van der Waals surface area contributed by atoms with Gasteiger partial charge < -0.3 is 9.64 Å². The molecular formula is C14H16N4O2. The lowest BCUT2D eigenvalue weighted by Crippen LogP contribution is -2.22. The number of pyridine rings is 1. The summed E-state index contributed by atoms with van der Waals surface area (Å²) in [5, 5.41) is 0. The molecule has 0 radical (unpaired) electrons. The topological polar surface area (TPSA) is 68.2 Å². The average molecular weight is 272 g/mol. The van der Waals surface area contributed by atoms with Crippen molar-refractivity contribution in [3.63, 3.8) is 0 Å². The van der Waals surface area contributed by atoms with Crippen molar-refractivity contribution >= 4 is 11.8 Å². The smallest absolute Gasteiger partial charge is 0.358 e. The number of hydrogen-bond donors (Lipinski definition) is 0. The van der Waals surface area contributed by atoms with E-state index >= 15 is 0 Å². The molecule has 0 aromatic carbocycles. The monoisotopic (exact) mass is 272 g/mol. The molecule has 20 heavy (non-hydrogen) atoms. The first-order valence-electron chi connectivity index (χ1n) is 6.21. The lowest BCUT2D eigenvalue weighted by molar-refractivity contribution is 0.0593. The molecule has 0 aliphatic carbocycles. The van der Waals surface area contributed by atoms with Gasteiger partial charge in [0, 0.05) is 26.0 Å². The van der Waals surface area contributed by atoms with Gasteiger partial charge in [-0.05, 0) is 24.1 Å². The minimum absolute atomic E-state index is 0.209. The highest BCUT2D eigenvalue weighted by atomic mass is 16.5. The van der Waals surface area contributed by atoms with Gasteiger partial charge >= 0.3 is 5.97 Å². The molecule has 2 aromatic heterocycles. The Morgan fingerprint density at radius 3 is 2.70 bits per heavy atom. The molecule has 0 saturated carbocycles. The maximum Gasteiger partial charge on any atom is 0.358 e. The molecule has 0 aliphatic rings. The molecule has 0 saturated heterocycles. The quantitative estimate of drug-likeness (QED) is 0.765.